The Bertz CT molecular complexity index is 526. The molecule has 6 heteroatoms. The van der Waals surface area contributed by atoms with Crippen molar-refractivity contribution >= 4 is 11.9 Å². The van der Waals surface area contributed by atoms with Crippen molar-refractivity contribution in [1.82, 2.24) is 4.90 Å². The molecule has 0 aliphatic carbocycles. The van der Waals surface area contributed by atoms with Crippen LogP contribution in [0.5, 0.6) is 0 Å². The van der Waals surface area contributed by atoms with Crippen LogP contribution in [0.2, 0.25) is 0 Å². The second kappa shape index (κ2) is 5.83. The highest BCUT2D eigenvalue weighted by atomic mass is 16.7. The number of carbonyl (C=O) groups excluding carboxylic acids is 2. The van der Waals surface area contributed by atoms with Crippen LogP contribution < -0.4 is 0 Å². The lowest BCUT2D eigenvalue weighted by Crippen LogP contribution is -2.24. The van der Waals surface area contributed by atoms with Crippen molar-refractivity contribution < 1.29 is 23.8 Å². The molecule has 0 spiro atoms. The van der Waals surface area contributed by atoms with Gasteiger partial charge in [-0.05, 0) is 19.1 Å². The van der Waals surface area contributed by atoms with E-state index in [0.717, 1.165) is 0 Å². The average Bonchev–Trinajstić information content (AvgIpc) is 3.02. The molecule has 1 amide bonds. The first kappa shape index (κ1) is 14.0. The summed E-state index contributed by atoms with van der Waals surface area (Å²) in [7, 11) is 0. The maximum atomic E-state index is 12.5. The van der Waals surface area contributed by atoms with Crippen LogP contribution in [0.1, 0.15) is 17.3 Å². The minimum absolute atomic E-state index is 0.186. The quantitative estimate of drug-likeness (QED) is 0.607. The number of esters is 1. The van der Waals surface area contributed by atoms with Gasteiger partial charge >= 0.3 is 5.97 Å². The summed E-state index contributed by atoms with van der Waals surface area (Å²) < 4.78 is 15.6. The zero-order chi connectivity index (χ0) is 14.8. The van der Waals surface area contributed by atoms with E-state index in [4.69, 9.17) is 14.2 Å². The molecule has 0 saturated carbocycles. The molecule has 2 aliphatic heterocycles. The Hall–Kier alpha value is -1.92. The molecule has 0 unspecified atom stereocenters. The Labute approximate surface area is 122 Å². The predicted molar refractivity (Wildman–Crippen MR) is 72.5 cm³/mol. The normalized spacial score (nSPS) is 27.5. The topological polar surface area (TPSA) is 64.8 Å². The number of nitrogens with zero attached hydrogens (tertiary/aromatic N) is 1. The minimum Gasteiger partial charge on any atom is -0.464 e. The maximum Gasteiger partial charge on any atom is 0.331 e. The summed E-state index contributed by atoms with van der Waals surface area (Å²) in [6.45, 7) is 2.62. The van der Waals surface area contributed by atoms with Gasteiger partial charge in [-0.15, -0.1) is 0 Å². The van der Waals surface area contributed by atoms with E-state index in [1.165, 1.54) is 4.90 Å². The molecule has 112 valence electrons. The summed E-state index contributed by atoms with van der Waals surface area (Å²) in [6.07, 6.45) is -0.271. The molecular weight excluding hydrogens is 274 g/mol. The first-order valence-corrected chi connectivity index (χ1v) is 6.97. The van der Waals surface area contributed by atoms with Gasteiger partial charge in [0.1, 0.15) is 12.9 Å². The van der Waals surface area contributed by atoms with E-state index in [-0.39, 0.29) is 37.4 Å². The Balaban J connectivity index is 1.78. The van der Waals surface area contributed by atoms with Gasteiger partial charge in [0, 0.05) is 5.56 Å². The van der Waals surface area contributed by atoms with Crippen molar-refractivity contribution in [1.29, 1.82) is 0 Å². The first-order chi connectivity index (χ1) is 10.2. The number of benzene rings is 1. The second-order valence-corrected chi connectivity index (χ2v) is 4.96. The average molecular weight is 291 g/mol. The fourth-order valence-corrected chi connectivity index (χ4v) is 2.65. The van der Waals surface area contributed by atoms with Crippen molar-refractivity contribution in [2.24, 2.45) is 0 Å². The zero-order valence-electron chi connectivity index (χ0n) is 11.7. The lowest BCUT2D eigenvalue weighted by molar-refractivity contribution is -0.143. The van der Waals surface area contributed by atoms with Crippen LogP contribution in [0, 0.1) is 0 Å². The van der Waals surface area contributed by atoms with Gasteiger partial charge in [-0.25, -0.2) is 4.79 Å². The van der Waals surface area contributed by atoms with E-state index in [2.05, 4.69) is 0 Å². The van der Waals surface area contributed by atoms with Crippen molar-refractivity contribution in [3.05, 3.63) is 35.9 Å². The van der Waals surface area contributed by atoms with Gasteiger partial charge in [-0.1, -0.05) is 18.2 Å². The molecule has 6 nitrogen and oxygen atoms in total. The highest BCUT2D eigenvalue weighted by Gasteiger charge is 2.61. The third-order valence-electron chi connectivity index (χ3n) is 3.67. The molecule has 2 saturated heterocycles. The van der Waals surface area contributed by atoms with Crippen molar-refractivity contribution in [3.8, 4) is 0 Å². The zero-order valence-corrected chi connectivity index (χ0v) is 11.7. The van der Waals surface area contributed by atoms with E-state index in [1.54, 1.807) is 31.2 Å². The number of ether oxygens (including phenoxy) is 3. The molecule has 3 rings (SSSR count). The molecular formula is C15H17NO5. The fourth-order valence-electron chi connectivity index (χ4n) is 2.65. The smallest absolute Gasteiger partial charge is 0.331 e. The monoisotopic (exact) mass is 291 g/mol. The largest absolute Gasteiger partial charge is 0.464 e. The second-order valence-electron chi connectivity index (χ2n) is 4.96. The Kier molecular flexibility index (Phi) is 3.90. The van der Waals surface area contributed by atoms with E-state index < -0.39 is 6.04 Å². The van der Waals surface area contributed by atoms with Crippen molar-refractivity contribution in [2.75, 3.05) is 20.0 Å². The van der Waals surface area contributed by atoms with Crippen LogP contribution in [-0.2, 0) is 19.0 Å². The van der Waals surface area contributed by atoms with E-state index >= 15 is 0 Å². The molecule has 2 aliphatic rings. The van der Waals surface area contributed by atoms with Gasteiger partial charge in [-0.3, -0.25) is 4.79 Å². The Morgan fingerprint density at radius 3 is 2.71 bits per heavy atom. The standard InChI is InChI=1S/C15H17NO5/c1-2-20-15(18)13-12(11-8-19-9-21-11)16(13)14(17)10-6-4-3-5-7-10/h3-7,11-13H,2,8-9H2,1H3/t11-,12+,13-,16?/m1/s1. The highest BCUT2D eigenvalue weighted by molar-refractivity contribution is 6.01. The van der Waals surface area contributed by atoms with Crippen LogP contribution >= 0.6 is 0 Å². The van der Waals surface area contributed by atoms with Gasteiger partial charge in [0.25, 0.3) is 5.91 Å². The van der Waals surface area contributed by atoms with Gasteiger partial charge in [0.05, 0.1) is 19.3 Å². The molecule has 1 aromatic rings. The molecule has 3 atom stereocenters. The third-order valence-corrected chi connectivity index (χ3v) is 3.67. The maximum absolute atomic E-state index is 12.5. The predicted octanol–water partition coefficient (Wildman–Crippen LogP) is 0.816. The molecule has 2 fully saturated rings. The number of carbonyl (C=O) groups is 2. The van der Waals surface area contributed by atoms with Crippen molar-refractivity contribution in [2.45, 2.75) is 25.1 Å². The fraction of sp³-hybridized carbons (Fsp3) is 0.467. The molecule has 1 aromatic carbocycles. The number of hydrogen-bond acceptors (Lipinski definition) is 5. The summed E-state index contributed by atoms with van der Waals surface area (Å²) in [5.74, 6) is -0.573. The Morgan fingerprint density at radius 2 is 2.10 bits per heavy atom. The van der Waals surface area contributed by atoms with E-state index in [0.29, 0.717) is 12.2 Å². The van der Waals surface area contributed by atoms with E-state index in [9.17, 15) is 9.59 Å². The molecule has 21 heavy (non-hydrogen) atoms. The van der Waals surface area contributed by atoms with Gasteiger partial charge in [0.2, 0.25) is 0 Å². The number of rotatable bonds is 4. The SMILES string of the molecule is CCOC(=O)[C@H]1[C@H]([C@H]2COCO2)N1C(=O)c1ccccc1. The number of hydrogen-bond donors (Lipinski definition) is 0. The molecule has 0 radical (unpaired) electrons. The minimum atomic E-state index is -0.579. The molecule has 0 bridgehead atoms. The van der Waals surface area contributed by atoms with Crippen LogP contribution in [0.15, 0.2) is 30.3 Å². The van der Waals surface area contributed by atoms with Gasteiger partial charge < -0.3 is 19.1 Å². The third kappa shape index (κ3) is 2.64. The van der Waals surface area contributed by atoms with Gasteiger partial charge in [0.15, 0.2) is 6.04 Å². The van der Waals surface area contributed by atoms with Gasteiger partial charge in [-0.2, -0.15) is 0 Å². The number of amides is 1. The van der Waals surface area contributed by atoms with Crippen LogP contribution in [-0.4, -0.2) is 55.0 Å². The molecule has 2 heterocycles. The van der Waals surface area contributed by atoms with Crippen LogP contribution in [0.3, 0.4) is 0 Å². The highest BCUT2D eigenvalue weighted by Crippen LogP contribution is 2.36. The Morgan fingerprint density at radius 1 is 1.33 bits per heavy atom. The summed E-state index contributed by atoms with van der Waals surface area (Å²) in [4.78, 5) is 26.0. The summed E-state index contributed by atoms with van der Waals surface area (Å²) in [5.41, 5.74) is 0.549. The lowest BCUT2D eigenvalue weighted by atomic mass is 10.2. The lowest BCUT2D eigenvalue weighted by Gasteiger charge is -2.07. The van der Waals surface area contributed by atoms with Crippen molar-refractivity contribution in [3.63, 3.8) is 0 Å². The van der Waals surface area contributed by atoms with Crippen LogP contribution in [0.4, 0.5) is 0 Å². The first-order valence-electron chi connectivity index (χ1n) is 6.97. The summed E-state index contributed by atoms with van der Waals surface area (Å²) >= 11 is 0. The molecule has 0 N–H and O–H groups in total. The molecule has 0 aromatic heterocycles. The summed E-state index contributed by atoms with van der Waals surface area (Å²) in [5, 5.41) is 0. The van der Waals surface area contributed by atoms with Crippen LogP contribution in [0.25, 0.3) is 0 Å². The van der Waals surface area contributed by atoms with E-state index in [1.807, 2.05) is 6.07 Å². The summed E-state index contributed by atoms with van der Waals surface area (Å²) in [6, 6.07) is 8.00.